The number of aliphatic hydroxyl groups excluding tert-OH is 1. The third-order valence-electron chi connectivity index (χ3n) is 10.9. The van der Waals surface area contributed by atoms with Crippen LogP contribution in [0.15, 0.2) is 48.1 Å². The number of carbonyl (C=O) groups is 2. The van der Waals surface area contributed by atoms with E-state index >= 15 is 0 Å². The average molecular weight is 598 g/mol. The van der Waals surface area contributed by atoms with Crippen LogP contribution in [0, 0.1) is 16.7 Å². The number of para-hydroxylation sites is 1. The molecule has 236 valence electrons. The van der Waals surface area contributed by atoms with Crippen LogP contribution in [0.1, 0.15) is 59.4 Å². The lowest BCUT2D eigenvalue weighted by Crippen LogP contribution is -2.79. The maximum Gasteiger partial charge on any atom is 0.303 e. The quantitative estimate of drug-likeness (QED) is 0.359. The van der Waals surface area contributed by atoms with Gasteiger partial charge < -0.3 is 29.2 Å². The van der Waals surface area contributed by atoms with Gasteiger partial charge in [0.05, 0.1) is 37.4 Å². The Labute approximate surface area is 254 Å². The van der Waals surface area contributed by atoms with Crippen molar-refractivity contribution in [2.45, 2.75) is 96.3 Å². The van der Waals surface area contributed by atoms with Crippen molar-refractivity contribution in [3.8, 4) is 5.75 Å². The van der Waals surface area contributed by atoms with Crippen molar-refractivity contribution in [3.05, 3.63) is 53.6 Å². The molecule has 0 radical (unpaired) electrons. The van der Waals surface area contributed by atoms with Gasteiger partial charge in [-0.15, -0.1) is 0 Å². The molecule has 3 unspecified atom stereocenters. The molecule has 5 rings (SSSR count). The van der Waals surface area contributed by atoms with E-state index in [-0.39, 0.29) is 18.6 Å². The minimum atomic E-state index is -1.19. The highest BCUT2D eigenvalue weighted by molar-refractivity contribution is 5.67. The lowest BCUT2D eigenvalue weighted by atomic mass is 9.50. The zero-order valence-electron chi connectivity index (χ0n) is 26.2. The molecule has 0 amide bonds. The van der Waals surface area contributed by atoms with Gasteiger partial charge in [-0.05, 0) is 68.7 Å². The number of esters is 2. The summed E-state index contributed by atoms with van der Waals surface area (Å²) in [5.74, 6) is -0.309. The standard InChI is InChI=1S/C34H47NO8/c1-21-13-16-32(5)27(34(21,39)17-14-25-10-7-8-11-26(25)40-6)15-18-35-28-12-9-19-41-20-33(28,22(2)42-23(3)36)31(38)29(30(32)35)43-24(4)37/h7-13,22,27-31,38-39H,14-20H2,1-6H3/t22?,27-,28-,29+,30?,31+,32?,33-,34+/m1/s1. The van der Waals surface area contributed by atoms with E-state index in [0.29, 0.717) is 38.8 Å². The molecule has 1 aromatic carbocycles. The van der Waals surface area contributed by atoms with Gasteiger partial charge in [0.1, 0.15) is 24.1 Å². The van der Waals surface area contributed by atoms with E-state index in [2.05, 4.69) is 24.0 Å². The number of piperidine rings is 2. The summed E-state index contributed by atoms with van der Waals surface area (Å²) in [7, 11) is 1.66. The monoisotopic (exact) mass is 597 g/mol. The van der Waals surface area contributed by atoms with E-state index in [1.54, 1.807) is 14.0 Å². The number of aryl methyl sites for hydroxylation is 1. The Balaban J connectivity index is 1.57. The van der Waals surface area contributed by atoms with Gasteiger partial charge in [-0.25, -0.2) is 0 Å². The lowest BCUT2D eigenvalue weighted by Gasteiger charge is -2.67. The number of methoxy groups -OCH3 is 1. The highest BCUT2D eigenvalue weighted by Gasteiger charge is 2.69. The van der Waals surface area contributed by atoms with Crippen LogP contribution >= 0.6 is 0 Å². The maximum absolute atomic E-state index is 12.6. The fourth-order valence-electron chi connectivity index (χ4n) is 8.87. The Hall–Kier alpha value is -2.72. The normalized spacial score (nSPS) is 38.0. The number of rotatable bonds is 7. The summed E-state index contributed by atoms with van der Waals surface area (Å²) in [4.78, 5) is 27.1. The van der Waals surface area contributed by atoms with E-state index in [0.717, 1.165) is 16.9 Å². The molecule has 4 aliphatic rings. The summed E-state index contributed by atoms with van der Waals surface area (Å²) in [5.41, 5.74) is -0.743. The van der Waals surface area contributed by atoms with Gasteiger partial charge in [0.15, 0.2) is 0 Å². The lowest BCUT2D eigenvalue weighted by molar-refractivity contribution is -0.266. The first-order chi connectivity index (χ1) is 20.4. The summed E-state index contributed by atoms with van der Waals surface area (Å²) in [6, 6.07) is 7.14. The highest BCUT2D eigenvalue weighted by Crippen LogP contribution is 2.60. The zero-order valence-corrected chi connectivity index (χ0v) is 26.2. The number of fused-ring (bicyclic) bond motifs is 5. The van der Waals surface area contributed by atoms with Gasteiger partial charge in [-0.1, -0.05) is 43.4 Å². The fourth-order valence-corrected chi connectivity index (χ4v) is 8.87. The van der Waals surface area contributed by atoms with Gasteiger partial charge in [0.25, 0.3) is 0 Å². The third-order valence-corrected chi connectivity index (χ3v) is 10.9. The van der Waals surface area contributed by atoms with Crippen molar-refractivity contribution < 1.29 is 38.7 Å². The van der Waals surface area contributed by atoms with Gasteiger partial charge in [0, 0.05) is 25.8 Å². The molecule has 9 nitrogen and oxygen atoms in total. The molecule has 43 heavy (non-hydrogen) atoms. The summed E-state index contributed by atoms with van der Waals surface area (Å²) < 4.78 is 23.4. The molecule has 0 bridgehead atoms. The largest absolute Gasteiger partial charge is 0.496 e. The van der Waals surface area contributed by atoms with E-state index in [1.807, 2.05) is 37.3 Å². The number of carbonyl (C=O) groups excluding carboxylic acids is 2. The second-order valence-corrected chi connectivity index (χ2v) is 13.1. The number of hydrogen-bond donors (Lipinski definition) is 2. The van der Waals surface area contributed by atoms with E-state index in [4.69, 9.17) is 18.9 Å². The van der Waals surface area contributed by atoms with Crippen LogP contribution in [0.4, 0.5) is 0 Å². The first-order valence-corrected chi connectivity index (χ1v) is 15.4. The Morgan fingerprint density at radius 3 is 2.65 bits per heavy atom. The van der Waals surface area contributed by atoms with Crippen LogP contribution in [-0.4, -0.2) is 89.9 Å². The minimum Gasteiger partial charge on any atom is -0.496 e. The molecule has 2 fully saturated rings. The summed E-state index contributed by atoms with van der Waals surface area (Å²) >= 11 is 0. The molecular weight excluding hydrogens is 550 g/mol. The molecule has 0 aromatic heterocycles. The molecule has 2 saturated heterocycles. The second-order valence-electron chi connectivity index (χ2n) is 13.1. The SMILES string of the molecule is COc1ccccc1CC[C@]1(O)C(C)=CCC2(C)C3[C@H](OC(C)=O)[C@H](O)[C@@]4(C(C)OC(C)=O)COCC=C[C@H]4N3CC[C@H]21. The number of allylic oxidation sites excluding steroid dienone is 1. The predicted molar refractivity (Wildman–Crippen MR) is 160 cm³/mol. The fraction of sp³-hybridized carbons (Fsp3) is 0.647. The van der Waals surface area contributed by atoms with Crippen LogP contribution < -0.4 is 4.74 Å². The van der Waals surface area contributed by atoms with Gasteiger partial charge >= 0.3 is 11.9 Å². The first kappa shape index (κ1) is 31.7. The summed E-state index contributed by atoms with van der Waals surface area (Å²) in [6.45, 7) is 9.74. The highest BCUT2D eigenvalue weighted by atomic mass is 16.6. The first-order valence-electron chi connectivity index (χ1n) is 15.4. The number of nitrogens with zero attached hydrogens (tertiary/aromatic N) is 1. The van der Waals surface area contributed by atoms with Crippen molar-refractivity contribution in [2.75, 3.05) is 26.9 Å². The van der Waals surface area contributed by atoms with Gasteiger partial charge in [0.2, 0.25) is 0 Å². The molecule has 3 heterocycles. The van der Waals surface area contributed by atoms with E-state index in [1.165, 1.54) is 13.8 Å². The Bertz CT molecular complexity index is 1280. The maximum atomic E-state index is 12.6. The topological polar surface area (TPSA) is 115 Å². The van der Waals surface area contributed by atoms with Crippen LogP contribution in [0.2, 0.25) is 0 Å². The molecule has 2 N–H and O–H groups in total. The van der Waals surface area contributed by atoms with Crippen LogP contribution in [-0.2, 0) is 30.2 Å². The Kier molecular flexibility index (Phi) is 8.84. The molecule has 3 aliphatic heterocycles. The van der Waals surface area contributed by atoms with E-state index < -0.39 is 52.7 Å². The molecule has 1 aliphatic carbocycles. The Morgan fingerprint density at radius 1 is 1.21 bits per heavy atom. The van der Waals surface area contributed by atoms with Crippen molar-refractivity contribution in [2.24, 2.45) is 16.7 Å². The third kappa shape index (κ3) is 5.22. The zero-order chi connectivity index (χ0) is 31.2. The average Bonchev–Trinajstić information content (AvgIpc) is 3.20. The smallest absolute Gasteiger partial charge is 0.303 e. The summed E-state index contributed by atoms with van der Waals surface area (Å²) in [6.07, 6.45) is 5.78. The minimum absolute atomic E-state index is 0.128. The van der Waals surface area contributed by atoms with Crippen LogP contribution in [0.3, 0.4) is 0 Å². The van der Waals surface area contributed by atoms with E-state index in [9.17, 15) is 19.8 Å². The van der Waals surface area contributed by atoms with Crippen LogP contribution in [0.25, 0.3) is 0 Å². The Morgan fingerprint density at radius 2 is 1.95 bits per heavy atom. The number of ether oxygens (including phenoxy) is 4. The van der Waals surface area contributed by atoms with Crippen molar-refractivity contribution in [1.82, 2.24) is 4.90 Å². The molecule has 0 saturated carbocycles. The second kappa shape index (κ2) is 12.0. The van der Waals surface area contributed by atoms with Crippen molar-refractivity contribution >= 4 is 11.9 Å². The molecule has 0 spiro atoms. The van der Waals surface area contributed by atoms with Gasteiger partial charge in [-0.3, -0.25) is 14.5 Å². The van der Waals surface area contributed by atoms with Gasteiger partial charge in [-0.2, -0.15) is 0 Å². The predicted octanol–water partition coefficient (Wildman–Crippen LogP) is 3.60. The van der Waals surface area contributed by atoms with Crippen molar-refractivity contribution in [3.63, 3.8) is 0 Å². The number of benzene rings is 1. The van der Waals surface area contributed by atoms with Crippen molar-refractivity contribution in [1.29, 1.82) is 0 Å². The molecule has 1 aromatic rings. The molecular formula is C34H47NO8. The molecule has 9 atom stereocenters. The molecule has 9 heteroatoms. The number of hydrogen-bond acceptors (Lipinski definition) is 9. The summed E-state index contributed by atoms with van der Waals surface area (Å²) in [5, 5.41) is 24.9. The number of aliphatic hydroxyl groups is 2. The van der Waals surface area contributed by atoms with Crippen LogP contribution in [0.5, 0.6) is 5.75 Å².